The van der Waals surface area contributed by atoms with Crippen molar-refractivity contribution in [3.63, 3.8) is 0 Å². The van der Waals surface area contributed by atoms with Gasteiger partial charge in [-0.3, -0.25) is 4.98 Å². The number of ether oxygens (including phenoxy) is 2. The lowest BCUT2D eigenvalue weighted by atomic mass is 10.0. The molecule has 0 aliphatic rings. The van der Waals surface area contributed by atoms with Gasteiger partial charge in [0.2, 0.25) is 5.65 Å². The van der Waals surface area contributed by atoms with Crippen LogP contribution in [-0.4, -0.2) is 46.4 Å². The summed E-state index contributed by atoms with van der Waals surface area (Å²) in [6, 6.07) is 6.67. The number of pyridine rings is 2. The van der Waals surface area contributed by atoms with Crippen molar-refractivity contribution in [1.29, 1.82) is 0 Å². The molecular weight excluding hydrogens is 465 g/mol. The monoisotopic (exact) mass is 480 g/mol. The Morgan fingerprint density at radius 3 is 2.58 bits per heavy atom. The van der Waals surface area contributed by atoms with E-state index in [1.54, 1.807) is 0 Å². The van der Waals surface area contributed by atoms with Crippen LogP contribution >= 0.6 is 0 Å². The number of anilines is 1. The van der Waals surface area contributed by atoms with Crippen molar-refractivity contribution in [2.45, 2.75) is 17.9 Å². The number of nitrogen functional groups attached to an aromatic ring is 1. The number of aromatic nitrogens is 5. The van der Waals surface area contributed by atoms with Crippen LogP contribution in [-0.2, 0) is 16.4 Å². The fourth-order valence-corrected chi connectivity index (χ4v) is 3.54. The highest BCUT2D eigenvalue weighted by Gasteiger charge is 2.32. The molecular formula is C19H15F3N6O4S. The van der Waals surface area contributed by atoms with Crippen molar-refractivity contribution in [2.24, 2.45) is 0 Å². The number of aromatic amines is 1. The largest absolute Gasteiger partial charge is 0.573 e. The molecule has 0 unspecified atom stereocenters. The molecule has 1 aromatic carbocycles. The number of halogens is 3. The number of hydrogen-bond acceptors (Lipinski definition) is 9. The van der Waals surface area contributed by atoms with E-state index in [2.05, 4.69) is 30.1 Å². The van der Waals surface area contributed by atoms with Crippen LogP contribution in [0.15, 0.2) is 47.6 Å². The van der Waals surface area contributed by atoms with Gasteiger partial charge in [0, 0.05) is 35.8 Å². The molecule has 0 atom stereocenters. The summed E-state index contributed by atoms with van der Waals surface area (Å²) >= 11 is 0. The molecule has 3 aromatic heterocycles. The van der Waals surface area contributed by atoms with E-state index in [-0.39, 0.29) is 45.4 Å². The summed E-state index contributed by atoms with van der Waals surface area (Å²) in [6.45, 7) is -0.321. The van der Waals surface area contributed by atoms with Gasteiger partial charge >= 0.3 is 6.36 Å². The van der Waals surface area contributed by atoms with Gasteiger partial charge in [0.15, 0.2) is 21.1 Å². The maximum absolute atomic E-state index is 13.1. The van der Waals surface area contributed by atoms with Gasteiger partial charge in [0.1, 0.15) is 18.2 Å². The number of rotatable bonds is 6. The lowest BCUT2D eigenvalue weighted by molar-refractivity contribution is -0.275. The molecule has 3 heterocycles. The van der Waals surface area contributed by atoms with Gasteiger partial charge < -0.3 is 15.2 Å². The average Bonchev–Trinajstić information content (AvgIpc) is 3.19. The van der Waals surface area contributed by atoms with E-state index in [1.807, 2.05) is 0 Å². The lowest BCUT2D eigenvalue weighted by Gasteiger charge is -2.16. The molecule has 0 saturated carbocycles. The maximum atomic E-state index is 13.1. The van der Waals surface area contributed by atoms with Crippen molar-refractivity contribution in [2.75, 3.05) is 12.0 Å². The smallest absolute Gasteiger partial charge is 0.486 e. The summed E-state index contributed by atoms with van der Waals surface area (Å²) in [6.07, 6.45) is -1.48. The highest BCUT2D eigenvalue weighted by molar-refractivity contribution is 7.90. The van der Waals surface area contributed by atoms with E-state index in [0.717, 1.165) is 18.5 Å². The second-order valence-corrected chi connectivity index (χ2v) is 8.90. The molecule has 0 fully saturated rings. The Labute approximate surface area is 184 Å². The summed E-state index contributed by atoms with van der Waals surface area (Å²) in [5.41, 5.74) is 6.76. The molecule has 0 spiro atoms. The van der Waals surface area contributed by atoms with E-state index in [9.17, 15) is 21.6 Å². The predicted molar refractivity (Wildman–Crippen MR) is 110 cm³/mol. The van der Waals surface area contributed by atoms with Gasteiger partial charge in [0.05, 0.1) is 4.90 Å². The predicted octanol–water partition coefficient (Wildman–Crippen LogP) is 2.88. The third-order valence-electron chi connectivity index (χ3n) is 4.43. The highest BCUT2D eigenvalue weighted by Crippen LogP contribution is 2.33. The first-order chi connectivity index (χ1) is 15.5. The number of nitrogens with zero attached hydrogens (tertiary/aromatic N) is 4. The van der Waals surface area contributed by atoms with Crippen LogP contribution in [0.25, 0.3) is 22.3 Å². The number of benzene rings is 1. The third-order valence-corrected chi connectivity index (χ3v) is 5.51. The minimum Gasteiger partial charge on any atom is -0.486 e. The molecule has 3 N–H and O–H groups in total. The van der Waals surface area contributed by atoms with Gasteiger partial charge in [-0.1, -0.05) is 12.1 Å². The SMILES string of the molecule is CS(=O)(=O)c1cncc(-c2ccc(COc3cc(N)nc4n[nH]nc34)c(OC(F)(F)F)c2)c1. The Balaban J connectivity index is 1.69. The Hall–Kier alpha value is -3.94. The van der Waals surface area contributed by atoms with E-state index in [4.69, 9.17) is 10.5 Å². The first kappa shape index (κ1) is 22.3. The standard InChI is InChI=1S/C19H15F3N6O4S/c1-33(29,30)13-4-12(7-24-8-13)10-2-3-11(14(5-10)32-19(20,21)22)9-31-15-6-16(23)25-18-17(15)26-28-27-18/h2-8H,9H2,1H3,(H3,23,25,26,27,28). The first-order valence-electron chi connectivity index (χ1n) is 9.13. The molecule has 0 bridgehead atoms. The zero-order valence-electron chi connectivity index (χ0n) is 16.8. The summed E-state index contributed by atoms with van der Waals surface area (Å²) in [4.78, 5) is 7.75. The number of nitrogens with one attached hydrogen (secondary N) is 1. The summed E-state index contributed by atoms with van der Waals surface area (Å²) < 4.78 is 72.6. The fourth-order valence-electron chi connectivity index (χ4n) is 2.94. The molecule has 172 valence electrons. The van der Waals surface area contributed by atoms with Crippen LogP contribution in [0, 0.1) is 0 Å². The summed E-state index contributed by atoms with van der Waals surface area (Å²) in [7, 11) is -3.56. The van der Waals surface area contributed by atoms with Crippen LogP contribution < -0.4 is 15.2 Å². The number of H-pyrrole nitrogens is 1. The average molecular weight is 480 g/mol. The number of fused-ring (bicyclic) bond motifs is 1. The number of nitrogens with two attached hydrogens (primary N) is 1. The van der Waals surface area contributed by atoms with E-state index >= 15 is 0 Å². The normalized spacial score (nSPS) is 12.1. The zero-order chi connectivity index (χ0) is 23.8. The van der Waals surface area contributed by atoms with Crippen LogP contribution in [0.5, 0.6) is 11.5 Å². The molecule has 14 heteroatoms. The first-order valence-corrected chi connectivity index (χ1v) is 11.0. The number of hydrogen-bond donors (Lipinski definition) is 2. The van der Waals surface area contributed by atoms with Gasteiger partial charge in [-0.25, -0.2) is 13.4 Å². The van der Waals surface area contributed by atoms with Gasteiger partial charge in [-0.05, 0) is 17.7 Å². The minimum absolute atomic E-state index is 0.0651. The van der Waals surface area contributed by atoms with Crippen molar-refractivity contribution < 1.29 is 31.1 Å². The molecule has 4 rings (SSSR count). The Bertz CT molecular complexity index is 1440. The fraction of sp³-hybridized carbons (Fsp3) is 0.158. The van der Waals surface area contributed by atoms with Crippen LogP contribution in [0.3, 0.4) is 0 Å². The van der Waals surface area contributed by atoms with Crippen molar-refractivity contribution in [3.05, 3.63) is 48.3 Å². The number of sulfone groups is 1. The topological polar surface area (TPSA) is 146 Å². The summed E-state index contributed by atoms with van der Waals surface area (Å²) in [5.74, 6) is -0.270. The molecule has 0 aliphatic heterocycles. The van der Waals surface area contributed by atoms with E-state index in [1.165, 1.54) is 30.5 Å². The van der Waals surface area contributed by atoms with Crippen LogP contribution in [0.2, 0.25) is 0 Å². The quantitative estimate of drug-likeness (QED) is 0.425. The zero-order valence-corrected chi connectivity index (χ0v) is 17.6. The molecule has 0 aliphatic carbocycles. The van der Waals surface area contributed by atoms with E-state index < -0.39 is 21.9 Å². The Morgan fingerprint density at radius 2 is 1.85 bits per heavy atom. The molecule has 0 saturated heterocycles. The van der Waals surface area contributed by atoms with Gasteiger partial charge in [0.25, 0.3) is 0 Å². The molecule has 0 amide bonds. The molecule has 4 aromatic rings. The van der Waals surface area contributed by atoms with Crippen molar-refractivity contribution in [1.82, 2.24) is 25.4 Å². The molecule has 10 nitrogen and oxygen atoms in total. The highest BCUT2D eigenvalue weighted by atomic mass is 32.2. The van der Waals surface area contributed by atoms with Crippen molar-refractivity contribution in [3.8, 4) is 22.6 Å². The number of alkyl halides is 3. The second kappa shape index (κ2) is 8.20. The lowest BCUT2D eigenvalue weighted by Crippen LogP contribution is -2.18. The molecule has 0 radical (unpaired) electrons. The second-order valence-electron chi connectivity index (χ2n) is 6.88. The van der Waals surface area contributed by atoms with Crippen LogP contribution in [0.1, 0.15) is 5.56 Å². The van der Waals surface area contributed by atoms with Gasteiger partial charge in [-0.15, -0.1) is 18.3 Å². The Kier molecular flexibility index (Phi) is 5.53. The molecule has 33 heavy (non-hydrogen) atoms. The summed E-state index contributed by atoms with van der Waals surface area (Å²) in [5, 5.41) is 10.1. The van der Waals surface area contributed by atoms with E-state index in [0.29, 0.717) is 5.56 Å². The maximum Gasteiger partial charge on any atom is 0.573 e. The minimum atomic E-state index is -4.97. The third kappa shape index (κ3) is 5.11. The Morgan fingerprint density at radius 1 is 1.06 bits per heavy atom. The van der Waals surface area contributed by atoms with Crippen molar-refractivity contribution >= 4 is 26.8 Å². The van der Waals surface area contributed by atoms with Gasteiger partial charge in [-0.2, -0.15) is 10.3 Å². The van der Waals surface area contributed by atoms with Crippen LogP contribution in [0.4, 0.5) is 19.0 Å².